The predicted molar refractivity (Wildman–Crippen MR) is 75.7 cm³/mol. The molecule has 1 aliphatic carbocycles. The Morgan fingerprint density at radius 1 is 1.29 bits per heavy atom. The Morgan fingerprint density at radius 2 is 1.95 bits per heavy atom. The lowest BCUT2D eigenvalue weighted by molar-refractivity contribution is -0.154. The maximum Gasteiger partial charge on any atom is 0.307 e. The summed E-state index contributed by atoms with van der Waals surface area (Å²) >= 11 is 0. The van der Waals surface area contributed by atoms with Crippen molar-refractivity contribution in [3.8, 4) is 0 Å². The topological polar surface area (TPSA) is 38.3 Å². The SMILES string of the molecule is CC(C)(C)OC(=O)CCNC1(c2ccc(F)c(F)c2)CC1. The second-order valence-electron chi connectivity index (χ2n) is 6.47. The van der Waals surface area contributed by atoms with Crippen LogP contribution < -0.4 is 5.32 Å². The van der Waals surface area contributed by atoms with E-state index in [1.54, 1.807) is 6.07 Å². The number of hydrogen-bond donors (Lipinski definition) is 1. The third-order valence-electron chi connectivity index (χ3n) is 3.43. The van der Waals surface area contributed by atoms with Crippen LogP contribution in [0.2, 0.25) is 0 Å². The first-order valence-electron chi connectivity index (χ1n) is 7.14. The quantitative estimate of drug-likeness (QED) is 0.848. The van der Waals surface area contributed by atoms with E-state index < -0.39 is 17.2 Å². The molecule has 0 amide bonds. The van der Waals surface area contributed by atoms with Gasteiger partial charge in [-0.15, -0.1) is 0 Å². The molecule has 0 aliphatic heterocycles. The largest absolute Gasteiger partial charge is 0.460 e. The fraction of sp³-hybridized carbons (Fsp3) is 0.562. The number of benzene rings is 1. The van der Waals surface area contributed by atoms with Gasteiger partial charge < -0.3 is 10.1 Å². The third-order valence-corrected chi connectivity index (χ3v) is 3.43. The highest BCUT2D eigenvalue weighted by atomic mass is 19.2. The predicted octanol–water partition coefficient (Wildman–Crippen LogP) is 3.28. The number of rotatable bonds is 5. The summed E-state index contributed by atoms with van der Waals surface area (Å²) < 4.78 is 31.5. The Hall–Kier alpha value is -1.49. The van der Waals surface area contributed by atoms with Crippen LogP contribution in [0.5, 0.6) is 0 Å². The molecule has 116 valence electrons. The highest BCUT2D eigenvalue weighted by molar-refractivity contribution is 5.70. The van der Waals surface area contributed by atoms with Gasteiger partial charge in [0.25, 0.3) is 0 Å². The molecule has 0 heterocycles. The van der Waals surface area contributed by atoms with Gasteiger partial charge in [0.05, 0.1) is 6.42 Å². The molecule has 0 aromatic heterocycles. The maximum atomic E-state index is 13.3. The van der Waals surface area contributed by atoms with Gasteiger partial charge in [-0.3, -0.25) is 4.79 Å². The monoisotopic (exact) mass is 297 g/mol. The van der Waals surface area contributed by atoms with E-state index in [2.05, 4.69) is 5.32 Å². The van der Waals surface area contributed by atoms with Crippen molar-refractivity contribution in [2.24, 2.45) is 0 Å². The second-order valence-corrected chi connectivity index (χ2v) is 6.47. The number of ether oxygens (including phenoxy) is 1. The van der Waals surface area contributed by atoms with Gasteiger partial charge >= 0.3 is 5.97 Å². The molecule has 0 atom stereocenters. The van der Waals surface area contributed by atoms with Crippen LogP contribution in [0.15, 0.2) is 18.2 Å². The summed E-state index contributed by atoms with van der Waals surface area (Å²) in [6.45, 7) is 5.92. The number of carbonyl (C=O) groups is 1. The average Bonchev–Trinajstić information content (AvgIpc) is 3.11. The molecule has 5 heteroatoms. The van der Waals surface area contributed by atoms with Gasteiger partial charge in [0.15, 0.2) is 11.6 Å². The van der Waals surface area contributed by atoms with E-state index in [0.29, 0.717) is 6.54 Å². The molecule has 0 spiro atoms. The van der Waals surface area contributed by atoms with Crippen molar-refractivity contribution in [3.63, 3.8) is 0 Å². The van der Waals surface area contributed by atoms with E-state index in [4.69, 9.17) is 4.74 Å². The molecule has 1 aliphatic rings. The zero-order valence-corrected chi connectivity index (χ0v) is 12.6. The zero-order chi connectivity index (χ0) is 15.7. The van der Waals surface area contributed by atoms with Crippen molar-refractivity contribution < 1.29 is 18.3 Å². The van der Waals surface area contributed by atoms with Gasteiger partial charge in [-0.2, -0.15) is 0 Å². The van der Waals surface area contributed by atoms with Crippen molar-refractivity contribution in [1.29, 1.82) is 0 Å². The molecule has 1 aromatic carbocycles. The van der Waals surface area contributed by atoms with Gasteiger partial charge in [-0.1, -0.05) is 6.07 Å². The molecule has 0 saturated heterocycles. The molecule has 0 radical (unpaired) electrons. The molecule has 1 aromatic rings. The fourth-order valence-electron chi connectivity index (χ4n) is 2.28. The van der Waals surface area contributed by atoms with Crippen LogP contribution in [0, 0.1) is 11.6 Å². The summed E-state index contributed by atoms with van der Waals surface area (Å²) in [5.74, 6) is -1.95. The van der Waals surface area contributed by atoms with Crippen molar-refractivity contribution in [2.45, 2.75) is 51.2 Å². The van der Waals surface area contributed by atoms with E-state index in [0.717, 1.165) is 24.5 Å². The molecular weight excluding hydrogens is 276 g/mol. The Kier molecular flexibility index (Phi) is 4.33. The van der Waals surface area contributed by atoms with E-state index in [9.17, 15) is 13.6 Å². The number of hydrogen-bond acceptors (Lipinski definition) is 3. The maximum absolute atomic E-state index is 13.3. The van der Waals surface area contributed by atoms with Crippen LogP contribution in [0.25, 0.3) is 0 Å². The summed E-state index contributed by atoms with van der Waals surface area (Å²) in [5, 5.41) is 3.26. The number of halogens is 2. The minimum Gasteiger partial charge on any atom is -0.460 e. The molecule has 2 rings (SSSR count). The minimum absolute atomic E-state index is 0.253. The first-order valence-corrected chi connectivity index (χ1v) is 7.14. The highest BCUT2D eigenvalue weighted by Gasteiger charge is 2.44. The molecular formula is C16H21F2NO2. The first-order chi connectivity index (χ1) is 9.72. The summed E-state index contributed by atoms with van der Waals surface area (Å²) in [6.07, 6.45) is 1.96. The molecule has 3 nitrogen and oxygen atoms in total. The lowest BCUT2D eigenvalue weighted by Gasteiger charge is -2.21. The first kappa shape index (κ1) is 15.9. The smallest absolute Gasteiger partial charge is 0.307 e. The summed E-state index contributed by atoms with van der Waals surface area (Å²) in [7, 11) is 0. The van der Waals surface area contributed by atoms with Crippen molar-refractivity contribution in [1.82, 2.24) is 5.32 Å². The molecule has 1 saturated carbocycles. The van der Waals surface area contributed by atoms with Gasteiger partial charge in [-0.25, -0.2) is 8.78 Å². The van der Waals surface area contributed by atoms with Crippen LogP contribution in [0.4, 0.5) is 8.78 Å². The second kappa shape index (κ2) is 5.72. The fourth-order valence-corrected chi connectivity index (χ4v) is 2.28. The molecule has 21 heavy (non-hydrogen) atoms. The lowest BCUT2D eigenvalue weighted by atomic mass is 10.0. The van der Waals surface area contributed by atoms with Crippen LogP contribution in [-0.4, -0.2) is 18.1 Å². The van der Waals surface area contributed by atoms with Crippen LogP contribution >= 0.6 is 0 Å². The van der Waals surface area contributed by atoms with E-state index in [-0.39, 0.29) is 17.9 Å². The Labute approximate surface area is 123 Å². The summed E-state index contributed by atoms with van der Waals surface area (Å²) in [6, 6.07) is 3.95. The van der Waals surface area contributed by atoms with Crippen molar-refractivity contribution in [2.75, 3.05) is 6.54 Å². The Balaban J connectivity index is 1.88. The normalized spacial score (nSPS) is 16.6. The summed E-state index contributed by atoms with van der Waals surface area (Å²) in [4.78, 5) is 11.6. The molecule has 0 unspecified atom stereocenters. The van der Waals surface area contributed by atoms with Gasteiger partial charge in [0.1, 0.15) is 5.60 Å². The Bertz CT molecular complexity index is 534. The number of carbonyl (C=O) groups excluding carboxylic acids is 1. The van der Waals surface area contributed by atoms with Crippen LogP contribution in [-0.2, 0) is 15.1 Å². The highest BCUT2D eigenvalue weighted by Crippen LogP contribution is 2.45. The standard InChI is InChI=1S/C16H21F2NO2/c1-15(2,3)21-14(20)6-9-19-16(7-8-16)11-4-5-12(17)13(18)10-11/h4-5,10,19H,6-9H2,1-3H3. The van der Waals surface area contributed by atoms with Gasteiger partial charge in [-0.05, 0) is 51.3 Å². The third kappa shape index (κ3) is 4.24. The minimum atomic E-state index is -0.844. The van der Waals surface area contributed by atoms with Gasteiger partial charge in [0, 0.05) is 12.1 Å². The summed E-state index contributed by atoms with van der Waals surface area (Å²) in [5.41, 5.74) is -0.0871. The Morgan fingerprint density at radius 3 is 2.48 bits per heavy atom. The van der Waals surface area contributed by atoms with E-state index in [1.165, 1.54) is 6.07 Å². The number of esters is 1. The van der Waals surface area contributed by atoms with E-state index in [1.807, 2.05) is 20.8 Å². The average molecular weight is 297 g/mol. The van der Waals surface area contributed by atoms with Gasteiger partial charge in [0.2, 0.25) is 0 Å². The lowest BCUT2D eigenvalue weighted by Crippen LogP contribution is -2.32. The molecule has 0 bridgehead atoms. The van der Waals surface area contributed by atoms with Crippen LogP contribution in [0.3, 0.4) is 0 Å². The van der Waals surface area contributed by atoms with E-state index >= 15 is 0 Å². The van der Waals surface area contributed by atoms with Crippen molar-refractivity contribution in [3.05, 3.63) is 35.4 Å². The van der Waals surface area contributed by atoms with Crippen molar-refractivity contribution >= 4 is 5.97 Å². The molecule has 1 N–H and O–H groups in total. The number of nitrogens with one attached hydrogen (secondary N) is 1. The van der Waals surface area contributed by atoms with Crippen LogP contribution in [0.1, 0.15) is 45.6 Å². The molecule has 1 fully saturated rings. The zero-order valence-electron chi connectivity index (χ0n) is 12.6.